The largest absolute Gasteiger partial charge is 0.412 e. The van der Waals surface area contributed by atoms with Crippen LogP contribution in [0.15, 0.2) is 23.8 Å². The van der Waals surface area contributed by atoms with Gasteiger partial charge in [-0.2, -0.15) is 13.2 Å². The SMILES string of the molecule is Cc1cc(CN)cc(N2CC=C(C(F)(F)F)CC2)n1. The molecule has 0 saturated heterocycles. The Kier molecular flexibility index (Phi) is 3.80. The summed E-state index contributed by atoms with van der Waals surface area (Å²) in [6, 6.07) is 3.71. The Morgan fingerprint density at radius 3 is 2.63 bits per heavy atom. The van der Waals surface area contributed by atoms with Crippen LogP contribution in [-0.2, 0) is 6.54 Å². The number of pyridine rings is 1. The molecular weight excluding hydrogens is 255 g/mol. The van der Waals surface area contributed by atoms with Crippen molar-refractivity contribution in [2.75, 3.05) is 18.0 Å². The second kappa shape index (κ2) is 5.21. The number of aromatic nitrogens is 1. The second-order valence-electron chi connectivity index (χ2n) is 4.60. The Balaban J connectivity index is 2.18. The summed E-state index contributed by atoms with van der Waals surface area (Å²) in [6.07, 6.45) is -2.98. The van der Waals surface area contributed by atoms with Crippen molar-refractivity contribution in [2.45, 2.75) is 26.1 Å². The number of halogens is 3. The molecule has 0 radical (unpaired) electrons. The zero-order chi connectivity index (χ0) is 14.0. The molecule has 1 aliphatic heterocycles. The molecule has 3 nitrogen and oxygen atoms in total. The fourth-order valence-corrected chi connectivity index (χ4v) is 2.14. The normalized spacial score (nSPS) is 16.5. The molecule has 2 rings (SSSR count). The van der Waals surface area contributed by atoms with Crippen molar-refractivity contribution < 1.29 is 13.2 Å². The predicted octanol–water partition coefficient (Wildman–Crippen LogP) is 2.55. The number of rotatable bonds is 2. The Morgan fingerprint density at radius 2 is 2.11 bits per heavy atom. The van der Waals surface area contributed by atoms with E-state index in [4.69, 9.17) is 5.73 Å². The molecule has 2 N–H and O–H groups in total. The fraction of sp³-hybridized carbons (Fsp3) is 0.462. The summed E-state index contributed by atoms with van der Waals surface area (Å²) in [5, 5.41) is 0. The van der Waals surface area contributed by atoms with Crippen LogP contribution in [0.2, 0.25) is 0 Å². The summed E-state index contributed by atoms with van der Waals surface area (Å²) in [5.74, 6) is 0.693. The molecule has 1 aromatic heterocycles. The molecule has 2 heterocycles. The average molecular weight is 271 g/mol. The first-order valence-corrected chi connectivity index (χ1v) is 6.09. The molecule has 0 bridgehead atoms. The molecular formula is C13H16F3N3. The third-order valence-corrected chi connectivity index (χ3v) is 3.13. The summed E-state index contributed by atoms with van der Waals surface area (Å²) in [7, 11) is 0. The highest BCUT2D eigenvalue weighted by molar-refractivity contribution is 5.45. The molecule has 0 aliphatic carbocycles. The van der Waals surface area contributed by atoms with Gasteiger partial charge in [0.2, 0.25) is 0 Å². The van der Waals surface area contributed by atoms with E-state index in [0.717, 1.165) is 11.3 Å². The summed E-state index contributed by atoms with van der Waals surface area (Å²) in [6.45, 7) is 2.80. The van der Waals surface area contributed by atoms with Crippen LogP contribution in [0.4, 0.5) is 19.0 Å². The molecule has 104 valence electrons. The number of nitrogens with two attached hydrogens (primary N) is 1. The summed E-state index contributed by atoms with van der Waals surface area (Å²) in [4.78, 5) is 6.19. The third-order valence-electron chi connectivity index (χ3n) is 3.13. The van der Waals surface area contributed by atoms with Crippen molar-refractivity contribution in [3.05, 3.63) is 35.0 Å². The van der Waals surface area contributed by atoms with Crippen LogP contribution in [0.25, 0.3) is 0 Å². The maximum Gasteiger partial charge on any atom is 0.412 e. The maximum atomic E-state index is 12.5. The van der Waals surface area contributed by atoms with Crippen LogP contribution in [0, 0.1) is 6.92 Å². The minimum Gasteiger partial charge on any atom is -0.353 e. The zero-order valence-electron chi connectivity index (χ0n) is 10.7. The van der Waals surface area contributed by atoms with Gasteiger partial charge in [-0.25, -0.2) is 4.98 Å². The van der Waals surface area contributed by atoms with Crippen molar-refractivity contribution >= 4 is 5.82 Å². The number of aryl methyl sites for hydroxylation is 1. The Labute approximate surface area is 109 Å². The molecule has 19 heavy (non-hydrogen) atoms. The number of nitrogens with zero attached hydrogens (tertiary/aromatic N) is 2. The van der Waals surface area contributed by atoms with Gasteiger partial charge in [-0.3, -0.25) is 0 Å². The predicted molar refractivity (Wildman–Crippen MR) is 67.8 cm³/mol. The smallest absolute Gasteiger partial charge is 0.353 e. The Morgan fingerprint density at radius 1 is 1.37 bits per heavy atom. The molecule has 0 aromatic carbocycles. The molecule has 1 aliphatic rings. The third kappa shape index (κ3) is 3.26. The molecule has 0 spiro atoms. The van der Waals surface area contributed by atoms with Crippen molar-refractivity contribution in [2.24, 2.45) is 5.73 Å². The van der Waals surface area contributed by atoms with E-state index in [1.165, 1.54) is 6.08 Å². The number of hydrogen-bond acceptors (Lipinski definition) is 3. The number of hydrogen-bond donors (Lipinski definition) is 1. The van der Waals surface area contributed by atoms with E-state index in [-0.39, 0.29) is 13.0 Å². The number of anilines is 1. The van der Waals surface area contributed by atoms with Crippen molar-refractivity contribution in [3.8, 4) is 0 Å². The van der Waals surface area contributed by atoms with Gasteiger partial charge in [-0.1, -0.05) is 6.08 Å². The summed E-state index contributed by atoms with van der Waals surface area (Å²) in [5.41, 5.74) is 6.90. The van der Waals surface area contributed by atoms with Crippen molar-refractivity contribution in [1.82, 2.24) is 4.98 Å². The first-order chi connectivity index (χ1) is 8.90. The van der Waals surface area contributed by atoms with Crippen LogP contribution < -0.4 is 10.6 Å². The van der Waals surface area contributed by atoms with Gasteiger partial charge in [-0.15, -0.1) is 0 Å². The van der Waals surface area contributed by atoms with Crippen LogP contribution >= 0.6 is 0 Å². The minimum absolute atomic E-state index is 0.00290. The molecule has 1 aromatic rings. The van der Waals surface area contributed by atoms with E-state index < -0.39 is 11.7 Å². The van der Waals surface area contributed by atoms with Gasteiger partial charge in [0.05, 0.1) is 0 Å². The van der Waals surface area contributed by atoms with E-state index >= 15 is 0 Å². The molecule has 6 heteroatoms. The molecule has 0 amide bonds. The summed E-state index contributed by atoms with van der Waals surface area (Å²) >= 11 is 0. The van der Waals surface area contributed by atoms with Gasteiger partial charge in [0.25, 0.3) is 0 Å². The Bertz CT molecular complexity index is 494. The lowest BCUT2D eigenvalue weighted by atomic mass is 10.1. The first-order valence-electron chi connectivity index (χ1n) is 6.09. The number of alkyl halides is 3. The van der Waals surface area contributed by atoms with Crippen LogP contribution in [0.3, 0.4) is 0 Å². The second-order valence-corrected chi connectivity index (χ2v) is 4.60. The molecule has 0 fully saturated rings. The van der Waals surface area contributed by atoms with Gasteiger partial charge in [0.15, 0.2) is 0 Å². The zero-order valence-corrected chi connectivity index (χ0v) is 10.7. The van der Waals surface area contributed by atoms with Gasteiger partial charge in [-0.05, 0) is 31.0 Å². The highest BCUT2D eigenvalue weighted by Gasteiger charge is 2.34. The van der Waals surface area contributed by atoms with Gasteiger partial charge >= 0.3 is 6.18 Å². The monoisotopic (exact) mass is 271 g/mol. The van der Waals surface area contributed by atoms with Crippen LogP contribution in [0.5, 0.6) is 0 Å². The fourth-order valence-electron chi connectivity index (χ4n) is 2.14. The topological polar surface area (TPSA) is 42.1 Å². The standard InChI is InChI=1S/C13H16F3N3/c1-9-6-10(8-17)7-12(18-9)19-4-2-11(3-5-19)13(14,15)16/h2,6-7H,3-5,8,17H2,1H3. The lowest BCUT2D eigenvalue weighted by molar-refractivity contribution is -0.0944. The van der Waals surface area contributed by atoms with E-state index in [0.29, 0.717) is 18.9 Å². The average Bonchev–Trinajstić information content (AvgIpc) is 2.37. The van der Waals surface area contributed by atoms with Crippen LogP contribution in [0.1, 0.15) is 17.7 Å². The van der Waals surface area contributed by atoms with E-state index in [1.54, 1.807) is 0 Å². The first kappa shape index (κ1) is 13.9. The minimum atomic E-state index is -4.21. The molecule has 0 atom stereocenters. The lowest BCUT2D eigenvalue weighted by Crippen LogP contribution is -2.32. The van der Waals surface area contributed by atoms with Gasteiger partial charge in [0, 0.05) is 30.9 Å². The van der Waals surface area contributed by atoms with Crippen LogP contribution in [-0.4, -0.2) is 24.2 Å². The van der Waals surface area contributed by atoms with E-state index in [9.17, 15) is 13.2 Å². The van der Waals surface area contributed by atoms with E-state index in [1.807, 2.05) is 24.0 Å². The highest BCUT2D eigenvalue weighted by Crippen LogP contribution is 2.31. The lowest BCUT2D eigenvalue weighted by Gasteiger charge is -2.28. The molecule has 0 saturated carbocycles. The van der Waals surface area contributed by atoms with Crippen molar-refractivity contribution in [1.29, 1.82) is 0 Å². The summed E-state index contributed by atoms with van der Waals surface area (Å²) < 4.78 is 37.6. The maximum absolute atomic E-state index is 12.5. The van der Waals surface area contributed by atoms with Gasteiger partial charge < -0.3 is 10.6 Å². The highest BCUT2D eigenvalue weighted by atomic mass is 19.4. The van der Waals surface area contributed by atoms with Gasteiger partial charge in [0.1, 0.15) is 5.82 Å². The molecule has 0 unspecified atom stereocenters. The Hall–Kier alpha value is -1.56. The van der Waals surface area contributed by atoms with Crippen molar-refractivity contribution in [3.63, 3.8) is 0 Å². The van der Waals surface area contributed by atoms with E-state index in [2.05, 4.69) is 4.98 Å². The quantitative estimate of drug-likeness (QED) is 0.840.